The lowest BCUT2D eigenvalue weighted by atomic mass is 10.1. The van der Waals surface area contributed by atoms with Gasteiger partial charge in [0.25, 0.3) is 5.91 Å². The van der Waals surface area contributed by atoms with Crippen molar-refractivity contribution >= 4 is 5.91 Å². The molecule has 0 spiro atoms. The van der Waals surface area contributed by atoms with Crippen LogP contribution in [0.25, 0.3) is 0 Å². The summed E-state index contributed by atoms with van der Waals surface area (Å²) in [5, 5.41) is 0. The number of benzene rings is 1. The van der Waals surface area contributed by atoms with Crippen molar-refractivity contribution in [3.8, 4) is 5.75 Å². The van der Waals surface area contributed by atoms with E-state index in [0.717, 1.165) is 24.2 Å². The van der Waals surface area contributed by atoms with Gasteiger partial charge in [0.05, 0.1) is 7.11 Å². The van der Waals surface area contributed by atoms with Gasteiger partial charge in [0, 0.05) is 19.7 Å². The highest BCUT2D eigenvalue weighted by Gasteiger charge is 2.39. The third-order valence-electron chi connectivity index (χ3n) is 3.79. The molecule has 0 bridgehead atoms. The smallest absolute Gasteiger partial charge is 0.254 e. The molecule has 0 saturated heterocycles. The van der Waals surface area contributed by atoms with Crippen LogP contribution in [0, 0.1) is 0 Å². The van der Waals surface area contributed by atoms with E-state index >= 15 is 0 Å². The number of carbonyl (C=O) groups is 1. The highest BCUT2D eigenvalue weighted by Crippen LogP contribution is 2.31. The van der Waals surface area contributed by atoms with Gasteiger partial charge in [-0.25, -0.2) is 0 Å². The standard InChI is InChI=1S/C16H23NO3/c1-16(2,20-4)15(18)17(13-7-8-13)11-12-5-9-14(19-3)10-6-12/h5-6,9-10,13H,7-8,11H2,1-4H3. The molecule has 1 saturated carbocycles. The van der Waals surface area contributed by atoms with E-state index in [1.54, 1.807) is 14.2 Å². The molecule has 0 unspecified atom stereocenters. The SMILES string of the molecule is COc1ccc(CN(C(=O)C(C)(C)OC)C2CC2)cc1. The molecule has 1 aromatic rings. The maximum atomic E-state index is 12.6. The van der Waals surface area contributed by atoms with Crippen molar-refractivity contribution in [2.45, 2.75) is 44.9 Å². The lowest BCUT2D eigenvalue weighted by molar-refractivity contribution is -0.152. The van der Waals surface area contributed by atoms with Crippen molar-refractivity contribution < 1.29 is 14.3 Å². The molecule has 1 aromatic carbocycles. The average molecular weight is 277 g/mol. The van der Waals surface area contributed by atoms with E-state index < -0.39 is 5.60 Å². The molecule has 4 nitrogen and oxygen atoms in total. The van der Waals surface area contributed by atoms with Gasteiger partial charge < -0.3 is 14.4 Å². The topological polar surface area (TPSA) is 38.8 Å². The van der Waals surface area contributed by atoms with E-state index in [9.17, 15) is 4.79 Å². The molecular formula is C16H23NO3. The molecule has 110 valence electrons. The van der Waals surface area contributed by atoms with Crippen LogP contribution < -0.4 is 4.74 Å². The molecule has 20 heavy (non-hydrogen) atoms. The lowest BCUT2D eigenvalue weighted by Gasteiger charge is -2.31. The molecule has 0 heterocycles. The van der Waals surface area contributed by atoms with Crippen molar-refractivity contribution in [2.75, 3.05) is 14.2 Å². The van der Waals surface area contributed by atoms with Crippen LogP contribution in [0.2, 0.25) is 0 Å². The van der Waals surface area contributed by atoms with Gasteiger partial charge in [-0.3, -0.25) is 4.79 Å². The Bertz CT molecular complexity index is 463. The van der Waals surface area contributed by atoms with Gasteiger partial charge in [-0.05, 0) is 44.4 Å². The van der Waals surface area contributed by atoms with Crippen LogP contribution in [-0.4, -0.2) is 36.7 Å². The predicted molar refractivity (Wildman–Crippen MR) is 77.7 cm³/mol. The largest absolute Gasteiger partial charge is 0.497 e. The van der Waals surface area contributed by atoms with Crippen molar-refractivity contribution in [1.82, 2.24) is 4.90 Å². The monoisotopic (exact) mass is 277 g/mol. The number of hydrogen-bond donors (Lipinski definition) is 0. The summed E-state index contributed by atoms with van der Waals surface area (Å²) in [5.74, 6) is 0.883. The maximum absolute atomic E-state index is 12.6. The molecule has 1 aliphatic carbocycles. The van der Waals surface area contributed by atoms with E-state index in [1.807, 2.05) is 43.0 Å². The number of carbonyl (C=O) groups excluding carboxylic acids is 1. The highest BCUT2D eigenvalue weighted by molar-refractivity contribution is 5.85. The van der Waals surface area contributed by atoms with E-state index in [-0.39, 0.29) is 5.91 Å². The summed E-state index contributed by atoms with van der Waals surface area (Å²) < 4.78 is 10.5. The Balaban J connectivity index is 2.11. The summed E-state index contributed by atoms with van der Waals surface area (Å²) >= 11 is 0. The molecule has 0 aliphatic heterocycles. The minimum Gasteiger partial charge on any atom is -0.497 e. The van der Waals surface area contributed by atoms with Gasteiger partial charge in [0.15, 0.2) is 0 Å². The zero-order valence-corrected chi connectivity index (χ0v) is 12.7. The average Bonchev–Trinajstić information content (AvgIpc) is 3.29. The van der Waals surface area contributed by atoms with Crippen molar-refractivity contribution in [3.63, 3.8) is 0 Å². The van der Waals surface area contributed by atoms with Gasteiger partial charge in [0.1, 0.15) is 11.4 Å². The Kier molecular flexibility index (Phi) is 4.33. The highest BCUT2D eigenvalue weighted by atomic mass is 16.5. The number of ether oxygens (including phenoxy) is 2. The van der Waals surface area contributed by atoms with Crippen LogP contribution in [0.3, 0.4) is 0 Å². The molecule has 1 fully saturated rings. The first kappa shape index (κ1) is 14.9. The molecule has 1 aliphatic rings. The Morgan fingerprint density at radius 3 is 2.30 bits per heavy atom. The van der Waals surface area contributed by atoms with Gasteiger partial charge in [-0.2, -0.15) is 0 Å². The van der Waals surface area contributed by atoms with Crippen molar-refractivity contribution in [3.05, 3.63) is 29.8 Å². The summed E-state index contributed by atoms with van der Waals surface area (Å²) in [6.45, 7) is 4.26. The first-order chi connectivity index (χ1) is 9.47. The number of rotatable bonds is 6. The molecule has 1 amide bonds. The molecule has 0 aromatic heterocycles. The molecule has 0 atom stereocenters. The molecule has 2 rings (SSSR count). The van der Waals surface area contributed by atoms with E-state index in [1.165, 1.54) is 0 Å². The second-order valence-electron chi connectivity index (χ2n) is 5.73. The second-order valence-corrected chi connectivity index (χ2v) is 5.73. The van der Waals surface area contributed by atoms with Gasteiger partial charge >= 0.3 is 0 Å². The normalized spacial score (nSPS) is 15.0. The maximum Gasteiger partial charge on any atom is 0.254 e. The quantitative estimate of drug-likeness (QED) is 0.802. The van der Waals surface area contributed by atoms with E-state index in [4.69, 9.17) is 9.47 Å². The van der Waals surface area contributed by atoms with Crippen LogP contribution in [0.1, 0.15) is 32.3 Å². The Morgan fingerprint density at radius 2 is 1.85 bits per heavy atom. The van der Waals surface area contributed by atoms with Crippen molar-refractivity contribution in [2.24, 2.45) is 0 Å². The summed E-state index contributed by atoms with van der Waals surface area (Å²) in [6, 6.07) is 8.21. The fourth-order valence-corrected chi connectivity index (χ4v) is 2.11. The predicted octanol–water partition coefficient (Wildman–Crippen LogP) is 2.61. The molecule has 0 N–H and O–H groups in total. The van der Waals surface area contributed by atoms with Gasteiger partial charge in [0.2, 0.25) is 0 Å². The zero-order chi connectivity index (χ0) is 14.8. The van der Waals surface area contributed by atoms with Crippen molar-refractivity contribution in [1.29, 1.82) is 0 Å². The fourth-order valence-electron chi connectivity index (χ4n) is 2.11. The Hall–Kier alpha value is -1.55. The minimum atomic E-state index is -0.769. The fraction of sp³-hybridized carbons (Fsp3) is 0.562. The third kappa shape index (κ3) is 3.31. The first-order valence-electron chi connectivity index (χ1n) is 6.97. The Morgan fingerprint density at radius 1 is 1.25 bits per heavy atom. The lowest BCUT2D eigenvalue weighted by Crippen LogP contribution is -2.47. The number of nitrogens with zero attached hydrogens (tertiary/aromatic N) is 1. The number of amides is 1. The summed E-state index contributed by atoms with van der Waals surface area (Å²) in [7, 11) is 3.23. The van der Waals surface area contributed by atoms with Crippen LogP contribution in [-0.2, 0) is 16.1 Å². The number of hydrogen-bond acceptors (Lipinski definition) is 3. The first-order valence-corrected chi connectivity index (χ1v) is 6.97. The van der Waals surface area contributed by atoms with E-state index in [0.29, 0.717) is 12.6 Å². The van der Waals surface area contributed by atoms with E-state index in [2.05, 4.69) is 0 Å². The minimum absolute atomic E-state index is 0.0540. The molecule has 4 heteroatoms. The molecular weight excluding hydrogens is 254 g/mol. The van der Waals surface area contributed by atoms with Crippen LogP contribution in [0.5, 0.6) is 5.75 Å². The number of methoxy groups -OCH3 is 2. The van der Waals surface area contributed by atoms with Crippen LogP contribution >= 0.6 is 0 Å². The van der Waals surface area contributed by atoms with Crippen LogP contribution in [0.4, 0.5) is 0 Å². The van der Waals surface area contributed by atoms with Crippen LogP contribution in [0.15, 0.2) is 24.3 Å². The Labute approximate surface area is 120 Å². The molecule has 0 radical (unpaired) electrons. The summed E-state index contributed by atoms with van der Waals surface area (Å²) in [6.07, 6.45) is 2.17. The zero-order valence-electron chi connectivity index (χ0n) is 12.7. The van der Waals surface area contributed by atoms with Gasteiger partial charge in [-0.1, -0.05) is 12.1 Å². The summed E-state index contributed by atoms with van der Waals surface area (Å²) in [4.78, 5) is 14.5. The van der Waals surface area contributed by atoms with Gasteiger partial charge in [-0.15, -0.1) is 0 Å². The second kappa shape index (κ2) is 5.83. The third-order valence-corrected chi connectivity index (χ3v) is 3.79. The summed E-state index contributed by atoms with van der Waals surface area (Å²) in [5.41, 5.74) is 0.340.